The molecule has 1 fully saturated rings. The van der Waals surface area contributed by atoms with E-state index in [-0.39, 0.29) is 68.1 Å². The highest BCUT2D eigenvalue weighted by Gasteiger charge is 2.44. The van der Waals surface area contributed by atoms with Crippen LogP contribution in [0.15, 0.2) is 41.5 Å². The molecule has 2 aromatic rings. The summed E-state index contributed by atoms with van der Waals surface area (Å²) in [6, 6.07) is 5.13. The molecule has 3 rings (SSSR count). The molecule has 32 heavy (non-hydrogen) atoms. The first-order chi connectivity index (χ1) is 13.7. The summed E-state index contributed by atoms with van der Waals surface area (Å²) in [5.41, 5.74) is -0.839. The van der Waals surface area contributed by atoms with Crippen LogP contribution in [0.25, 0.3) is 0 Å². The van der Waals surface area contributed by atoms with Crippen molar-refractivity contribution in [3.63, 3.8) is 0 Å². The lowest BCUT2D eigenvalue weighted by molar-refractivity contribution is -0.137. The molecule has 0 amide bonds. The number of aromatic nitrogens is 2. The van der Waals surface area contributed by atoms with Crippen molar-refractivity contribution in [1.29, 1.82) is 0 Å². The van der Waals surface area contributed by atoms with Gasteiger partial charge in [-0.3, -0.25) is 4.79 Å². The van der Waals surface area contributed by atoms with Crippen LogP contribution in [0.5, 0.6) is 5.88 Å². The number of nitrogens with zero attached hydrogens (tertiary/aromatic N) is 1. The van der Waals surface area contributed by atoms with Gasteiger partial charge in [-0.2, -0.15) is 13.2 Å². The van der Waals surface area contributed by atoms with Crippen LogP contribution < -0.4 is 15.6 Å². The molecule has 0 bridgehead atoms. The summed E-state index contributed by atoms with van der Waals surface area (Å²) in [4.78, 5) is 17.4. The Labute approximate surface area is 201 Å². The standard InChI is InChI=1S/C19H22F3N3O4.3ClH/c20-19(21,22)13-2-4-17(25-9-13)29-11-18(5-14(26)15(27)6-18)10-23-7-12-1-3-16(28)24-8-12;;;/h1-4,8-9,14-15,23,26-27H,5-7,10-11H2,(H,24,28);3*1H/t14-,15+,18?;;;. The summed E-state index contributed by atoms with van der Waals surface area (Å²) in [6.07, 6.45) is -3.46. The SMILES string of the molecule is Cl.Cl.Cl.O=c1ccc(CNCC2(COc3ccc(C(F)(F)F)cn3)C[C@@H](O)[C@@H](O)C2)c[nH]1. The predicted octanol–water partition coefficient (Wildman–Crippen LogP) is 2.72. The molecule has 0 spiro atoms. The van der Waals surface area contributed by atoms with E-state index >= 15 is 0 Å². The van der Waals surface area contributed by atoms with Gasteiger partial charge >= 0.3 is 6.18 Å². The van der Waals surface area contributed by atoms with E-state index in [2.05, 4.69) is 15.3 Å². The summed E-state index contributed by atoms with van der Waals surface area (Å²) in [7, 11) is 0. The van der Waals surface area contributed by atoms with Gasteiger partial charge in [0.1, 0.15) is 0 Å². The van der Waals surface area contributed by atoms with Gasteiger partial charge < -0.3 is 25.3 Å². The van der Waals surface area contributed by atoms with E-state index in [1.54, 1.807) is 12.3 Å². The number of hydrogen-bond donors (Lipinski definition) is 4. The molecule has 7 nitrogen and oxygen atoms in total. The number of aliphatic hydroxyl groups excluding tert-OH is 2. The zero-order chi connectivity index (χ0) is 21.1. The summed E-state index contributed by atoms with van der Waals surface area (Å²) >= 11 is 0. The van der Waals surface area contributed by atoms with Gasteiger partial charge in [-0.1, -0.05) is 6.07 Å². The number of hydrogen-bond acceptors (Lipinski definition) is 6. The Morgan fingerprint density at radius 1 is 1.12 bits per heavy atom. The van der Waals surface area contributed by atoms with Crippen LogP contribution in [0.1, 0.15) is 24.0 Å². The lowest BCUT2D eigenvalue weighted by atomic mass is 9.86. The van der Waals surface area contributed by atoms with Gasteiger partial charge in [0.2, 0.25) is 11.4 Å². The normalized spacial score (nSPS) is 22.3. The lowest BCUT2D eigenvalue weighted by Crippen LogP contribution is -2.38. The third-order valence-electron chi connectivity index (χ3n) is 5.00. The average Bonchev–Trinajstić information content (AvgIpc) is 2.95. The highest BCUT2D eigenvalue weighted by molar-refractivity contribution is 5.86. The first-order valence-electron chi connectivity index (χ1n) is 9.07. The second-order valence-corrected chi connectivity index (χ2v) is 7.38. The van der Waals surface area contributed by atoms with E-state index in [0.29, 0.717) is 19.3 Å². The predicted molar refractivity (Wildman–Crippen MR) is 119 cm³/mol. The number of aliphatic hydroxyl groups is 2. The van der Waals surface area contributed by atoms with Crippen LogP contribution in [0, 0.1) is 5.41 Å². The molecule has 2 aromatic heterocycles. The minimum Gasteiger partial charge on any atom is -0.477 e. The fourth-order valence-corrected chi connectivity index (χ4v) is 3.44. The van der Waals surface area contributed by atoms with Crippen molar-refractivity contribution in [2.75, 3.05) is 13.2 Å². The van der Waals surface area contributed by atoms with Gasteiger partial charge in [-0.05, 0) is 24.5 Å². The maximum Gasteiger partial charge on any atom is 0.417 e. The molecule has 0 aliphatic heterocycles. The zero-order valence-electron chi connectivity index (χ0n) is 16.7. The Morgan fingerprint density at radius 3 is 2.28 bits per heavy atom. The van der Waals surface area contributed by atoms with Crippen LogP contribution in [-0.4, -0.2) is 45.5 Å². The number of aromatic amines is 1. The van der Waals surface area contributed by atoms with E-state index < -0.39 is 29.4 Å². The third-order valence-corrected chi connectivity index (χ3v) is 5.00. The lowest BCUT2D eigenvalue weighted by Gasteiger charge is -2.29. The van der Waals surface area contributed by atoms with E-state index in [0.717, 1.165) is 17.7 Å². The molecular formula is C19H25Cl3F3N3O4. The number of alkyl halides is 3. The summed E-state index contributed by atoms with van der Waals surface area (Å²) in [6.45, 7) is 0.905. The highest BCUT2D eigenvalue weighted by Crippen LogP contribution is 2.39. The molecule has 1 aliphatic rings. The quantitative estimate of drug-likeness (QED) is 0.445. The molecule has 0 aromatic carbocycles. The number of ether oxygens (including phenoxy) is 1. The third kappa shape index (κ3) is 8.09. The smallest absolute Gasteiger partial charge is 0.417 e. The van der Waals surface area contributed by atoms with Crippen molar-refractivity contribution in [3.05, 3.63) is 58.1 Å². The van der Waals surface area contributed by atoms with Crippen LogP contribution >= 0.6 is 37.2 Å². The highest BCUT2D eigenvalue weighted by atomic mass is 35.5. The minimum atomic E-state index is -4.47. The Hall–Kier alpha value is -1.56. The molecule has 1 unspecified atom stereocenters. The summed E-state index contributed by atoms with van der Waals surface area (Å²) in [5, 5.41) is 23.2. The van der Waals surface area contributed by atoms with Gasteiger partial charge in [-0.25, -0.2) is 4.98 Å². The molecular weight excluding hydrogens is 498 g/mol. The Balaban J connectivity index is 0.00000320. The maximum atomic E-state index is 12.6. The Kier molecular flexibility index (Phi) is 12.0. The first-order valence-corrected chi connectivity index (χ1v) is 9.07. The van der Waals surface area contributed by atoms with Gasteiger partial charge in [0.25, 0.3) is 0 Å². The topological polar surface area (TPSA) is 107 Å². The van der Waals surface area contributed by atoms with Gasteiger partial charge in [0.15, 0.2) is 0 Å². The van der Waals surface area contributed by atoms with E-state index in [1.165, 1.54) is 6.07 Å². The van der Waals surface area contributed by atoms with E-state index in [1.807, 2.05) is 0 Å². The molecule has 4 N–H and O–H groups in total. The molecule has 1 aliphatic carbocycles. The van der Waals surface area contributed by atoms with Crippen LogP contribution in [0.3, 0.4) is 0 Å². The largest absolute Gasteiger partial charge is 0.477 e. The fourth-order valence-electron chi connectivity index (χ4n) is 3.44. The van der Waals surface area contributed by atoms with Crippen molar-refractivity contribution in [2.24, 2.45) is 5.41 Å². The maximum absolute atomic E-state index is 12.6. The number of halogens is 6. The van der Waals surface area contributed by atoms with Crippen molar-refractivity contribution in [2.45, 2.75) is 37.8 Å². The molecule has 0 saturated heterocycles. The molecule has 13 heteroatoms. The molecule has 182 valence electrons. The fraction of sp³-hybridized carbons (Fsp3) is 0.474. The van der Waals surface area contributed by atoms with Crippen molar-refractivity contribution in [3.8, 4) is 5.88 Å². The first kappa shape index (κ1) is 30.4. The number of rotatable bonds is 7. The average molecular weight is 523 g/mol. The number of pyridine rings is 2. The number of nitrogens with one attached hydrogen (secondary N) is 2. The van der Waals surface area contributed by atoms with Crippen molar-refractivity contribution in [1.82, 2.24) is 15.3 Å². The van der Waals surface area contributed by atoms with E-state index in [9.17, 15) is 28.2 Å². The Bertz CT molecular complexity index is 854. The monoisotopic (exact) mass is 521 g/mol. The van der Waals surface area contributed by atoms with Crippen LogP contribution in [-0.2, 0) is 12.7 Å². The Morgan fingerprint density at radius 2 is 1.78 bits per heavy atom. The molecule has 1 saturated carbocycles. The van der Waals surface area contributed by atoms with Crippen LogP contribution in [0.2, 0.25) is 0 Å². The molecule has 2 heterocycles. The molecule has 0 radical (unpaired) electrons. The molecule has 3 atom stereocenters. The second kappa shape index (κ2) is 12.6. The van der Waals surface area contributed by atoms with Crippen LogP contribution in [0.4, 0.5) is 13.2 Å². The second-order valence-electron chi connectivity index (χ2n) is 7.38. The summed E-state index contributed by atoms with van der Waals surface area (Å²) in [5.74, 6) is 0.0360. The van der Waals surface area contributed by atoms with Crippen molar-refractivity contribution < 1.29 is 28.1 Å². The zero-order valence-corrected chi connectivity index (χ0v) is 19.1. The minimum absolute atomic E-state index is 0. The van der Waals surface area contributed by atoms with Gasteiger partial charge in [0, 0.05) is 43.0 Å². The van der Waals surface area contributed by atoms with Gasteiger partial charge in [-0.15, -0.1) is 37.2 Å². The van der Waals surface area contributed by atoms with Crippen molar-refractivity contribution >= 4 is 37.2 Å². The number of H-pyrrole nitrogens is 1. The summed E-state index contributed by atoms with van der Waals surface area (Å²) < 4.78 is 43.5. The van der Waals surface area contributed by atoms with E-state index in [4.69, 9.17) is 4.74 Å². The van der Waals surface area contributed by atoms with Gasteiger partial charge in [0.05, 0.1) is 24.4 Å².